The molecule has 2 aromatic rings. The number of rotatable bonds is 5. The van der Waals surface area contributed by atoms with Crippen LogP contribution in [-0.2, 0) is 6.54 Å². The molecule has 0 aliphatic rings. The fourth-order valence-corrected chi connectivity index (χ4v) is 2.22. The van der Waals surface area contributed by atoms with Crippen molar-refractivity contribution in [2.45, 2.75) is 12.6 Å². The highest BCUT2D eigenvalue weighted by atomic mass is 35.5. The number of aliphatic hydroxyl groups is 1. The quantitative estimate of drug-likeness (QED) is 0.876. The van der Waals surface area contributed by atoms with Gasteiger partial charge in [-0.15, -0.1) is 11.3 Å². The van der Waals surface area contributed by atoms with Crippen molar-refractivity contribution in [3.8, 4) is 0 Å². The molecule has 90 valence electrons. The lowest BCUT2D eigenvalue weighted by molar-refractivity contribution is 0.243. The van der Waals surface area contributed by atoms with Crippen LogP contribution < -0.4 is 5.32 Å². The fraction of sp³-hybridized carbons (Fsp3) is 0.250. The Hall–Kier alpha value is -0.940. The zero-order valence-corrected chi connectivity index (χ0v) is 10.7. The summed E-state index contributed by atoms with van der Waals surface area (Å²) in [6.45, 7) is 0.698. The van der Waals surface area contributed by atoms with Crippen LogP contribution in [0.2, 0.25) is 5.02 Å². The smallest absolute Gasteiger partial charge is 0.0795 e. The zero-order valence-electron chi connectivity index (χ0n) is 9.14. The molecule has 1 aromatic carbocycles. The van der Waals surface area contributed by atoms with E-state index in [1.165, 1.54) is 0 Å². The lowest BCUT2D eigenvalue weighted by Gasteiger charge is -2.16. The Labute approximate surface area is 109 Å². The highest BCUT2D eigenvalue weighted by Gasteiger charge is 2.09. The molecule has 1 heterocycles. The molecule has 0 fully saturated rings. The molecule has 3 nitrogen and oxygen atoms in total. The maximum Gasteiger partial charge on any atom is 0.0795 e. The van der Waals surface area contributed by atoms with Crippen molar-refractivity contribution in [2.24, 2.45) is 0 Å². The standard InChI is InChI=1S/C12H13ClN2OS/c13-10-3-1-9(2-4-10)12(6-16)14-5-11-7-17-8-15-11/h1-4,7-8,12,14,16H,5-6H2. The summed E-state index contributed by atoms with van der Waals surface area (Å²) >= 11 is 7.39. The molecule has 1 atom stereocenters. The maximum atomic E-state index is 9.36. The van der Waals surface area contributed by atoms with Gasteiger partial charge in [0, 0.05) is 16.9 Å². The summed E-state index contributed by atoms with van der Waals surface area (Å²) in [4.78, 5) is 4.18. The van der Waals surface area contributed by atoms with Crippen molar-refractivity contribution < 1.29 is 5.11 Å². The number of benzene rings is 1. The van der Waals surface area contributed by atoms with Crippen LogP contribution in [0.3, 0.4) is 0 Å². The summed E-state index contributed by atoms with van der Waals surface area (Å²) in [7, 11) is 0. The molecule has 0 bridgehead atoms. The molecule has 0 saturated carbocycles. The number of aliphatic hydroxyl groups excluding tert-OH is 1. The Morgan fingerprint density at radius 1 is 1.35 bits per heavy atom. The van der Waals surface area contributed by atoms with E-state index in [0.717, 1.165) is 11.3 Å². The number of halogens is 1. The van der Waals surface area contributed by atoms with Crippen molar-refractivity contribution in [3.63, 3.8) is 0 Å². The van der Waals surface area contributed by atoms with E-state index < -0.39 is 0 Å². The van der Waals surface area contributed by atoms with E-state index in [2.05, 4.69) is 10.3 Å². The van der Waals surface area contributed by atoms with Crippen LogP contribution in [0.5, 0.6) is 0 Å². The Bertz CT molecular complexity index is 444. The summed E-state index contributed by atoms with van der Waals surface area (Å²) < 4.78 is 0. The molecular formula is C12H13ClN2OS. The Kier molecular flexibility index (Phi) is 4.50. The molecule has 5 heteroatoms. The SMILES string of the molecule is OCC(NCc1cscn1)c1ccc(Cl)cc1. The first-order chi connectivity index (χ1) is 8.29. The molecular weight excluding hydrogens is 256 g/mol. The second-order valence-corrected chi connectivity index (χ2v) is 4.80. The lowest BCUT2D eigenvalue weighted by atomic mass is 10.1. The van der Waals surface area contributed by atoms with Gasteiger partial charge < -0.3 is 10.4 Å². The van der Waals surface area contributed by atoms with Gasteiger partial charge in [0.25, 0.3) is 0 Å². The van der Waals surface area contributed by atoms with E-state index in [0.29, 0.717) is 11.6 Å². The molecule has 0 aliphatic heterocycles. The largest absolute Gasteiger partial charge is 0.394 e. The molecule has 2 rings (SSSR count). The van der Waals surface area contributed by atoms with Crippen LogP contribution in [0, 0.1) is 0 Å². The summed E-state index contributed by atoms with van der Waals surface area (Å²) in [6, 6.07) is 7.39. The molecule has 0 aliphatic carbocycles. The number of nitrogens with zero attached hydrogens (tertiary/aromatic N) is 1. The van der Waals surface area contributed by atoms with Crippen LogP contribution >= 0.6 is 22.9 Å². The first-order valence-corrected chi connectivity index (χ1v) is 6.58. The molecule has 17 heavy (non-hydrogen) atoms. The molecule has 0 saturated heterocycles. The minimum absolute atomic E-state index is 0.0474. The first-order valence-electron chi connectivity index (χ1n) is 5.26. The van der Waals surface area contributed by atoms with Gasteiger partial charge in [-0.05, 0) is 17.7 Å². The van der Waals surface area contributed by atoms with Gasteiger partial charge in [-0.3, -0.25) is 0 Å². The van der Waals surface area contributed by atoms with E-state index in [1.807, 2.05) is 29.6 Å². The van der Waals surface area contributed by atoms with Gasteiger partial charge in [0.15, 0.2) is 0 Å². The number of thiazole rings is 1. The first kappa shape index (κ1) is 12.5. The van der Waals surface area contributed by atoms with Crippen molar-refractivity contribution in [2.75, 3.05) is 6.61 Å². The molecule has 0 amide bonds. The third-order valence-electron chi connectivity index (χ3n) is 2.47. The average Bonchev–Trinajstić information content (AvgIpc) is 2.85. The zero-order chi connectivity index (χ0) is 12.1. The van der Waals surface area contributed by atoms with Crippen LogP contribution in [0.25, 0.3) is 0 Å². The summed E-state index contributed by atoms with van der Waals surface area (Å²) in [5.41, 5.74) is 3.81. The predicted octanol–water partition coefficient (Wildman–Crippen LogP) is 2.62. The Morgan fingerprint density at radius 2 is 2.12 bits per heavy atom. The van der Waals surface area contributed by atoms with Gasteiger partial charge in [0.1, 0.15) is 0 Å². The minimum Gasteiger partial charge on any atom is -0.394 e. The van der Waals surface area contributed by atoms with E-state index in [-0.39, 0.29) is 12.6 Å². The average molecular weight is 269 g/mol. The summed E-state index contributed by atoms with van der Waals surface area (Å²) in [5.74, 6) is 0. The number of aromatic nitrogens is 1. The molecule has 0 radical (unpaired) electrons. The number of hydrogen-bond donors (Lipinski definition) is 2. The summed E-state index contributed by atoms with van der Waals surface area (Å²) in [5, 5.41) is 15.3. The highest BCUT2D eigenvalue weighted by molar-refractivity contribution is 7.07. The van der Waals surface area contributed by atoms with Gasteiger partial charge in [-0.1, -0.05) is 23.7 Å². The van der Waals surface area contributed by atoms with Crippen molar-refractivity contribution in [3.05, 3.63) is 51.4 Å². The van der Waals surface area contributed by atoms with Crippen molar-refractivity contribution in [1.29, 1.82) is 0 Å². The third kappa shape index (κ3) is 3.51. The van der Waals surface area contributed by atoms with E-state index in [1.54, 1.807) is 16.8 Å². The minimum atomic E-state index is -0.0889. The highest BCUT2D eigenvalue weighted by Crippen LogP contribution is 2.16. The van der Waals surface area contributed by atoms with Gasteiger partial charge in [0.2, 0.25) is 0 Å². The van der Waals surface area contributed by atoms with Crippen LogP contribution in [-0.4, -0.2) is 16.7 Å². The third-order valence-corrected chi connectivity index (χ3v) is 3.36. The lowest BCUT2D eigenvalue weighted by Crippen LogP contribution is -2.24. The van der Waals surface area contributed by atoms with Crippen LogP contribution in [0.4, 0.5) is 0 Å². The van der Waals surface area contributed by atoms with Crippen LogP contribution in [0.15, 0.2) is 35.2 Å². The van der Waals surface area contributed by atoms with E-state index >= 15 is 0 Å². The second-order valence-electron chi connectivity index (χ2n) is 3.65. The monoisotopic (exact) mass is 268 g/mol. The van der Waals surface area contributed by atoms with E-state index in [9.17, 15) is 5.11 Å². The second kappa shape index (κ2) is 6.12. The Morgan fingerprint density at radius 3 is 2.71 bits per heavy atom. The van der Waals surface area contributed by atoms with Gasteiger partial charge in [-0.25, -0.2) is 4.98 Å². The Balaban J connectivity index is 1.99. The van der Waals surface area contributed by atoms with Crippen molar-refractivity contribution in [1.82, 2.24) is 10.3 Å². The molecule has 1 unspecified atom stereocenters. The van der Waals surface area contributed by atoms with Gasteiger partial charge in [-0.2, -0.15) is 0 Å². The fourth-order valence-electron chi connectivity index (χ4n) is 1.54. The number of hydrogen-bond acceptors (Lipinski definition) is 4. The topological polar surface area (TPSA) is 45.1 Å². The number of nitrogens with one attached hydrogen (secondary N) is 1. The van der Waals surface area contributed by atoms with Crippen LogP contribution in [0.1, 0.15) is 17.3 Å². The van der Waals surface area contributed by atoms with Gasteiger partial charge in [0.05, 0.1) is 23.9 Å². The normalized spacial score (nSPS) is 12.6. The molecule has 0 spiro atoms. The molecule has 1 aromatic heterocycles. The predicted molar refractivity (Wildman–Crippen MR) is 70.2 cm³/mol. The van der Waals surface area contributed by atoms with Gasteiger partial charge >= 0.3 is 0 Å². The van der Waals surface area contributed by atoms with Crippen molar-refractivity contribution >= 4 is 22.9 Å². The van der Waals surface area contributed by atoms with E-state index in [4.69, 9.17) is 11.6 Å². The molecule has 2 N–H and O–H groups in total. The summed E-state index contributed by atoms with van der Waals surface area (Å²) in [6.07, 6.45) is 0. The maximum absolute atomic E-state index is 9.36.